The zero-order valence-corrected chi connectivity index (χ0v) is 12.3. The summed E-state index contributed by atoms with van der Waals surface area (Å²) < 4.78 is 10.5. The molecule has 0 saturated carbocycles. The summed E-state index contributed by atoms with van der Waals surface area (Å²) in [6, 6.07) is 7.48. The molecule has 0 spiro atoms. The lowest BCUT2D eigenvalue weighted by atomic mass is 9.87. The predicted molar refractivity (Wildman–Crippen MR) is 75.5 cm³/mol. The van der Waals surface area contributed by atoms with Crippen LogP contribution in [-0.2, 0) is 6.42 Å². The topological polar surface area (TPSA) is 68.4 Å². The van der Waals surface area contributed by atoms with Crippen molar-refractivity contribution in [3.8, 4) is 17.1 Å². The second-order valence-electron chi connectivity index (χ2n) is 5.80. The van der Waals surface area contributed by atoms with Crippen molar-refractivity contribution in [2.45, 2.75) is 33.3 Å². The number of methoxy groups -OCH3 is 1. The molecule has 0 saturated heterocycles. The molecule has 1 unspecified atom stereocenters. The third-order valence-electron chi connectivity index (χ3n) is 3.18. The monoisotopic (exact) mass is 276 g/mol. The van der Waals surface area contributed by atoms with Gasteiger partial charge in [0.05, 0.1) is 25.2 Å². The highest BCUT2D eigenvalue weighted by atomic mass is 16.5. The van der Waals surface area contributed by atoms with E-state index in [4.69, 9.17) is 9.26 Å². The summed E-state index contributed by atoms with van der Waals surface area (Å²) >= 11 is 0. The average Bonchev–Trinajstić information content (AvgIpc) is 2.86. The Bertz CT molecular complexity index is 572. The summed E-state index contributed by atoms with van der Waals surface area (Å²) in [6.45, 7) is 5.90. The summed E-state index contributed by atoms with van der Waals surface area (Å²) in [7, 11) is 1.60. The number of benzene rings is 1. The van der Waals surface area contributed by atoms with E-state index in [0.29, 0.717) is 23.9 Å². The molecule has 0 fully saturated rings. The number of rotatable bonds is 4. The van der Waals surface area contributed by atoms with E-state index in [1.807, 2.05) is 45.0 Å². The van der Waals surface area contributed by atoms with Gasteiger partial charge in [0.1, 0.15) is 5.75 Å². The van der Waals surface area contributed by atoms with Crippen molar-refractivity contribution < 1.29 is 14.4 Å². The summed E-state index contributed by atoms with van der Waals surface area (Å²) in [4.78, 5) is 4.32. The highest BCUT2D eigenvalue weighted by Crippen LogP contribution is 2.28. The first-order valence-corrected chi connectivity index (χ1v) is 6.56. The van der Waals surface area contributed by atoms with Gasteiger partial charge in [0.2, 0.25) is 11.7 Å². The zero-order chi connectivity index (χ0) is 14.8. The van der Waals surface area contributed by atoms with Crippen molar-refractivity contribution in [1.29, 1.82) is 0 Å². The number of hydrogen-bond acceptors (Lipinski definition) is 5. The van der Waals surface area contributed by atoms with E-state index in [9.17, 15) is 5.11 Å². The number of nitrogens with zero attached hydrogens (tertiary/aromatic N) is 2. The molecule has 1 heterocycles. The van der Waals surface area contributed by atoms with Crippen LogP contribution in [0, 0.1) is 5.41 Å². The fraction of sp³-hybridized carbons (Fsp3) is 0.467. The molecule has 108 valence electrons. The Morgan fingerprint density at radius 1 is 1.30 bits per heavy atom. The molecule has 0 radical (unpaired) electrons. The van der Waals surface area contributed by atoms with E-state index >= 15 is 0 Å². The van der Waals surface area contributed by atoms with Crippen molar-refractivity contribution in [2.75, 3.05) is 7.11 Å². The first-order chi connectivity index (χ1) is 9.41. The molecule has 20 heavy (non-hydrogen) atoms. The zero-order valence-electron chi connectivity index (χ0n) is 12.3. The molecular formula is C15H20N2O3. The largest absolute Gasteiger partial charge is 0.496 e. The van der Waals surface area contributed by atoms with Crippen LogP contribution in [0.15, 0.2) is 28.8 Å². The Kier molecular flexibility index (Phi) is 4.09. The SMILES string of the molecule is COc1ccccc1-c1noc(CC(O)C(C)(C)C)n1. The van der Waals surface area contributed by atoms with E-state index in [1.54, 1.807) is 7.11 Å². The number of aliphatic hydroxyl groups is 1. The minimum absolute atomic E-state index is 0.223. The van der Waals surface area contributed by atoms with Crippen molar-refractivity contribution >= 4 is 0 Å². The molecule has 2 aromatic rings. The average molecular weight is 276 g/mol. The molecule has 0 aliphatic carbocycles. The van der Waals surface area contributed by atoms with Crippen LogP contribution < -0.4 is 4.74 Å². The smallest absolute Gasteiger partial charge is 0.229 e. The molecule has 5 heteroatoms. The molecule has 0 amide bonds. The van der Waals surface area contributed by atoms with Gasteiger partial charge in [0.25, 0.3) is 0 Å². The first-order valence-electron chi connectivity index (χ1n) is 6.56. The minimum Gasteiger partial charge on any atom is -0.496 e. The Labute approximate surface area is 118 Å². The molecule has 0 aliphatic heterocycles. The second-order valence-corrected chi connectivity index (χ2v) is 5.80. The molecule has 1 N–H and O–H groups in total. The summed E-state index contributed by atoms with van der Waals surface area (Å²) in [5, 5.41) is 14.0. The lowest BCUT2D eigenvalue weighted by Crippen LogP contribution is -2.28. The van der Waals surface area contributed by atoms with Gasteiger partial charge in [0, 0.05) is 0 Å². The third kappa shape index (κ3) is 3.17. The fourth-order valence-electron chi connectivity index (χ4n) is 1.75. The molecule has 0 bridgehead atoms. The minimum atomic E-state index is -0.534. The normalized spacial score (nSPS) is 13.2. The molecule has 2 rings (SSSR count). The maximum Gasteiger partial charge on any atom is 0.229 e. The summed E-state index contributed by atoms with van der Waals surface area (Å²) in [6.07, 6.45) is -0.195. The number of aromatic nitrogens is 2. The van der Waals surface area contributed by atoms with E-state index in [2.05, 4.69) is 10.1 Å². The number of ether oxygens (including phenoxy) is 1. The third-order valence-corrected chi connectivity index (χ3v) is 3.18. The number of hydrogen-bond donors (Lipinski definition) is 1. The maximum absolute atomic E-state index is 10.1. The highest BCUT2D eigenvalue weighted by molar-refractivity contribution is 5.63. The maximum atomic E-state index is 10.1. The lowest BCUT2D eigenvalue weighted by molar-refractivity contribution is 0.0565. The van der Waals surface area contributed by atoms with Crippen molar-refractivity contribution in [3.05, 3.63) is 30.2 Å². The van der Waals surface area contributed by atoms with Gasteiger partial charge in [-0.15, -0.1) is 0 Å². The van der Waals surface area contributed by atoms with Crippen LogP contribution in [0.5, 0.6) is 5.75 Å². The van der Waals surface area contributed by atoms with Crippen molar-refractivity contribution in [1.82, 2.24) is 10.1 Å². The Hall–Kier alpha value is -1.88. The fourth-order valence-corrected chi connectivity index (χ4v) is 1.75. The first kappa shape index (κ1) is 14.5. The molecule has 1 aromatic carbocycles. The molecule has 5 nitrogen and oxygen atoms in total. The predicted octanol–water partition coefficient (Wildman–Crippen LogP) is 2.69. The van der Waals surface area contributed by atoms with Gasteiger partial charge >= 0.3 is 0 Å². The van der Waals surface area contributed by atoms with Gasteiger partial charge in [-0.05, 0) is 17.5 Å². The quantitative estimate of drug-likeness (QED) is 0.929. The van der Waals surface area contributed by atoms with Crippen LogP contribution in [0.25, 0.3) is 11.4 Å². The summed E-state index contributed by atoms with van der Waals surface area (Å²) in [5.74, 6) is 1.59. The Morgan fingerprint density at radius 3 is 2.65 bits per heavy atom. The second kappa shape index (κ2) is 5.63. The molecule has 0 aliphatic rings. The van der Waals surface area contributed by atoms with Crippen LogP contribution in [0.2, 0.25) is 0 Å². The van der Waals surface area contributed by atoms with Crippen molar-refractivity contribution in [2.24, 2.45) is 5.41 Å². The standard InChI is InChI=1S/C15H20N2O3/c1-15(2,3)12(18)9-13-16-14(17-20-13)10-7-5-6-8-11(10)19-4/h5-8,12,18H,9H2,1-4H3. The van der Waals surface area contributed by atoms with E-state index in [-0.39, 0.29) is 5.41 Å². The number of para-hydroxylation sites is 1. The summed E-state index contributed by atoms with van der Waals surface area (Å²) in [5.41, 5.74) is 0.550. The van der Waals surface area contributed by atoms with Crippen LogP contribution in [-0.4, -0.2) is 28.5 Å². The Morgan fingerprint density at radius 2 is 2.00 bits per heavy atom. The van der Waals surface area contributed by atoms with E-state index < -0.39 is 6.10 Å². The Balaban J connectivity index is 2.21. The van der Waals surface area contributed by atoms with E-state index in [0.717, 1.165) is 5.56 Å². The van der Waals surface area contributed by atoms with Gasteiger partial charge in [-0.25, -0.2) is 0 Å². The molecular weight excluding hydrogens is 256 g/mol. The van der Waals surface area contributed by atoms with Crippen molar-refractivity contribution in [3.63, 3.8) is 0 Å². The molecule has 1 atom stereocenters. The van der Waals surface area contributed by atoms with Crippen LogP contribution in [0.1, 0.15) is 26.7 Å². The van der Waals surface area contributed by atoms with Gasteiger partial charge in [-0.2, -0.15) is 4.98 Å². The van der Waals surface area contributed by atoms with Gasteiger partial charge in [-0.1, -0.05) is 38.1 Å². The van der Waals surface area contributed by atoms with Crippen LogP contribution in [0.4, 0.5) is 0 Å². The highest BCUT2D eigenvalue weighted by Gasteiger charge is 2.25. The molecule has 1 aromatic heterocycles. The van der Waals surface area contributed by atoms with Crippen LogP contribution >= 0.6 is 0 Å². The van der Waals surface area contributed by atoms with Crippen LogP contribution in [0.3, 0.4) is 0 Å². The van der Waals surface area contributed by atoms with Gasteiger partial charge in [0.15, 0.2) is 0 Å². The van der Waals surface area contributed by atoms with Gasteiger partial charge < -0.3 is 14.4 Å². The lowest BCUT2D eigenvalue weighted by Gasteiger charge is -2.24. The number of aliphatic hydroxyl groups excluding tert-OH is 1. The van der Waals surface area contributed by atoms with E-state index in [1.165, 1.54) is 0 Å². The van der Waals surface area contributed by atoms with Gasteiger partial charge in [-0.3, -0.25) is 0 Å².